The molecule has 0 aliphatic rings. The van der Waals surface area contributed by atoms with Crippen LogP contribution in [0.2, 0.25) is 0 Å². The zero-order valence-electron chi connectivity index (χ0n) is 16.5. The summed E-state index contributed by atoms with van der Waals surface area (Å²) in [5.41, 5.74) is 2.38. The van der Waals surface area contributed by atoms with E-state index in [9.17, 15) is 9.59 Å². The quantitative estimate of drug-likeness (QED) is 0.653. The van der Waals surface area contributed by atoms with Gasteiger partial charge in [-0.15, -0.1) is 0 Å². The van der Waals surface area contributed by atoms with Crippen LogP contribution in [0.3, 0.4) is 0 Å². The Morgan fingerprint density at radius 1 is 1.14 bits per heavy atom. The lowest BCUT2D eigenvalue weighted by Crippen LogP contribution is -2.21. The molecule has 0 amide bonds. The number of hydrogen-bond acceptors (Lipinski definition) is 5. The van der Waals surface area contributed by atoms with Crippen molar-refractivity contribution >= 4 is 16.9 Å². The van der Waals surface area contributed by atoms with Gasteiger partial charge in [-0.2, -0.15) is 0 Å². The molecule has 0 fully saturated rings. The van der Waals surface area contributed by atoms with Crippen molar-refractivity contribution in [1.29, 1.82) is 0 Å². The van der Waals surface area contributed by atoms with Crippen molar-refractivity contribution in [3.05, 3.63) is 69.8 Å². The molecule has 6 nitrogen and oxygen atoms in total. The maximum Gasteiger partial charge on any atom is 0.344 e. The molecule has 0 saturated heterocycles. The van der Waals surface area contributed by atoms with Gasteiger partial charge in [-0.3, -0.25) is 4.79 Å². The number of nitrogens with zero attached hydrogens (tertiary/aromatic N) is 1. The van der Waals surface area contributed by atoms with Gasteiger partial charge >= 0.3 is 5.97 Å². The van der Waals surface area contributed by atoms with Crippen LogP contribution in [0.15, 0.2) is 47.3 Å². The number of H-pyrrole nitrogens is 1. The molecule has 0 saturated carbocycles. The van der Waals surface area contributed by atoms with Crippen molar-refractivity contribution in [3.63, 3.8) is 0 Å². The van der Waals surface area contributed by atoms with Crippen molar-refractivity contribution in [2.24, 2.45) is 0 Å². The van der Waals surface area contributed by atoms with E-state index < -0.39 is 12.1 Å². The van der Waals surface area contributed by atoms with E-state index in [0.717, 1.165) is 11.1 Å². The fourth-order valence-corrected chi connectivity index (χ4v) is 2.96. The fourth-order valence-electron chi connectivity index (χ4n) is 2.96. The molecule has 3 rings (SSSR count). The lowest BCUT2D eigenvalue weighted by Gasteiger charge is -2.16. The van der Waals surface area contributed by atoms with E-state index >= 15 is 0 Å². The average Bonchev–Trinajstić information content (AvgIpc) is 2.66. The Bertz CT molecular complexity index is 1060. The minimum atomic E-state index is -0.699. The third-order valence-corrected chi connectivity index (χ3v) is 4.46. The van der Waals surface area contributed by atoms with Gasteiger partial charge in [-0.1, -0.05) is 38.1 Å². The van der Waals surface area contributed by atoms with Gasteiger partial charge in [-0.25, -0.2) is 9.78 Å². The number of carbonyl (C=O) groups excluding carboxylic acids is 1. The number of nitrogens with one attached hydrogen (secondary N) is 1. The molecular weight excluding hydrogens is 356 g/mol. The predicted octanol–water partition coefficient (Wildman–Crippen LogP) is 4.04. The summed E-state index contributed by atoms with van der Waals surface area (Å²) in [5.74, 6) is 0.726. The Morgan fingerprint density at radius 3 is 2.64 bits per heavy atom. The summed E-state index contributed by atoms with van der Waals surface area (Å²) < 4.78 is 11.1. The van der Waals surface area contributed by atoms with E-state index in [-0.39, 0.29) is 18.1 Å². The molecule has 0 spiro atoms. The van der Waals surface area contributed by atoms with E-state index in [1.165, 1.54) is 0 Å². The number of aryl methyl sites for hydroxylation is 1. The van der Waals surface area contributed by atoms with Gasteiger partial charge in [0.25, 0.3) is 5.56 Å². The number of rotatable bonds is 6. The molecule has 6 heteroatoms. The largest absolute Gasteiger partial charge is 0.482 e. The first-order valence-corrected chi connectivity index (χ1v) is 9.27. The SMILES string of the molecule is Cc1ccc(C(C)C)c(OCC(=O)O[C@H](C)c2nc3ccccc3c(=O)[nH]2)c1. The number of para-hydroxylation sites is 1. The third kappa shape index (κ3) is 4.39. The summed E-state index contributed by atoms with van der Waals surface area (Å²) in [4.78, 5) is 31.5. The minimum absolute atomic E-state index is 0.217. The summed E-state index contributed by atoms with van der Waals surface area (Å²) in [7, 11) is 0. The lowest BCUT2D eigenvalue weighted by atomic mass is 10.0. The molecular formula is C22H24N2O4. The number of ether oxygens (including phenoxy) is 2. The molecule has 3 aromatic rings. The summed E-state index contributed by atoms with van der Waals surface area (Å²) >= 11 is 0. The van der Waals surface area contributed by atoms with Crippen LogP contribution in [-0.2, 0) is 9.53 Å². The molecule has 146 valence electrons. The van der Waals surface area contributed by atoms with Crippen molar-refractivity contribution in [2.45, 2.75) is 39.7 Å². The topological polar surface area (TPSA) is 81.3 Å². The first-order valence-electron chi connectivity index (χ1n) is 9.27. The van der Waals surface area contributed by atoms with Gasteiger partial charge in [0, 0.05) is 0 Å². The first-order chi connectivity index (χ1) is 13.3. The number of hydrogen-bond donors (Lipinski definition) is 1. The fraction of sp³-hybridized carbons (Fsp3) is 0.318. The van der Waals surface area contributed by atoms with Gasteiger partial charge in [-0.05, 0) is 49.1 Å². The smallest absolute Gasteiger partial charge is 0.344 e. The van der Waals surface area contributed by atoms with Crippen LogP contribution < -0.4 is 10.3 Å². The Morgan fingerprint density at radius 2 is 1.89 bits per heavy atom. The van der Waals surface area contributed by atoms with Gasteiger partial charge in [0.05, 0.1) is 10.9 Å². The zero-order chi connectivity index (χ0) is 20.3. The average molecular weight is 380 g/mol. The Labute approximate surface area is 163 Å². The molecule has 2 aromatic carbocycles. The van der Waals surface area contributed by atoms with E-state index in [0.29, 0.717) is 22.5 Å². The van der Waals surface area contributed by atoms with Crippen LogP contribution in [0.4, 0.5) is 0 Å². The van der Waals surface area contributed by atoms with Crippen LogP contribution in [0.5, 0.6) is 5.75 Å². The molecule has 0 aliphatic carbocycles. The number of carbonyl (C=O) groups is 1. The summed E-state index contributed by atoms with van der Waals surface area (Å²) in [6.45, 7) is 7.56. The first kappa shape index (κ1) is 19.6. The maximum atomic E-state index is 12.2. The highest BCUT2D eigenvalue weighted by atomic mass is 16.6. The van der Waals surface area contributed by atoms with E-state index in [2.05, 4.69) is 23.8 Å². The number of esters is 1. The number of aromatic amines is 1. The van der Waals surface area contributed by atoms with Gasteiger partial charge in [0.15, 0.2) is 18.5 Å². The van der Waals surface area contributed by atoms with Crippen LogP contribution >= 0.6 is 0 Å². The van der Waals surface area contributed by atoms with Gasteiger partial charge < -0.3 is 14.5 Å². The highest BCUT2D eigenvalue weighted by molar-refractivity contribution is 5.77. The second-order valence-electron chi connectivity index (χ2n) is 7.09. The van der Waals surface area contributed by atoms with E-state index in [1.807, 2.05) is 25.1 Å². The molecule has 28 heavy (non-hydrogen) atoms. The van der Waals surface area contributed by atoms with Crippen LogP contribution in [0.25, 0.3) is 10.9 Å². The highest BCUT2D eigenvalue weighted by Crippen LogP contribution is 2.27. The van der Waals surface area contributed by atoms with Gasteiger partial charge in [0.1, 0.15) is 5.75 Å². The highest BCUT2D eigenvalue weighted by Gasteiger charge is 2.17. The Hall–Kier alpha value is -3.15. The van der Waals surface area contributed by atoms with Crippen molar-refractivity contribution < 1.29 is 14.3 Å². The molecule has 1 heterocycles. The molecule has 0 unspecified atom stereocenters. The monoisotopic (exact) mass is 380 g/mol. The lowest BCUT2D eigenvalue weighted by molar-refractivity contribution is -0.151. The normalized spacial score (nSPS) is 12.2. The van der Waals surface area contributed by atoms with E-state index in [4.69, 9.17) is 9.47 Å². The molecule has 1 aromatic heterocycles. The second kappa shape index (κ2) is 8.25. The summed E-state index contributed by atoms with van der Waals surface area (Å²) in [5, 5.41) is 0.494. The van der Waals surface area contributed by atoms with Crippen molar-refractivity contribution in [3.8, 4) is 5.75 Å². The minimum Gasteiger partial charge on any atom is -0.482 e. The van der Waals surface area contributed by atoms with Crippen molar-refractivity contribution in [2.75, 3.05) is 6.61 Å². The number of benzene rings is 2. The predicted molar refractivity (Wildman–Crippen MR) is 108 cm³/mol. The van der Waals surface area contributed by atoms with E-state index in [1.54, 1.807) is 31.2 Å². The number of fused-ring (bicyclic) bond motifs is 1. The Kier molecular flexibility index (Phi) is 5.78. The van der Waals surface area contributed by atoms with Crippen LogP contribution in [0, 0.1) is 6.92 Å². The summed E-state index contributed by atoms with van der Waals surface area (Å²) in [6.07, 6.45) is -0.699. The van der Waals surface area contributed by atoms with Crippen LogP contribution in [0.1, 0.15) is 49.7 Å². The number of aromatic nitrogens is 2. The Balaban J connectivity index is 1.69. The molecule has 0 aliphatic heterocycles. The van der Waals surface area contributed by atoms with Gasteiger partial charge in [0.2, 0.25) is 0 Å². The van der Waals surface area contributed by atoms with Crippen molar-refractivity contribution in [1.82, 2.24) is 9.97 Å². The maximum absolute atomic E-state index is 12.2. The standard InChI is InChI=1S/C22H24N2O4/c1-13(2)16-10-9-14(3)11-19(16)27-12-20(25)28-15(4)21-23-18-8-6-5-7-17(18)22(26)24-21/h5-11,13,15H,12H2,1-4H3,(H,23,24,26)/t15-/m1/s1. The second-order valence-corrected chi connectivity index (χ2v) is 7.09. The van der Waals surface area contributed by atoms with Crippen LogP contribution in [-0.4, -0.2) is 22.5 Å². The summed E-state index contributed by atoms with van der Waals surface area (Å²) in [6, 6.07) is 13.0. The molecule has 0 radical (unpaired) electrons. The molecule has 1 atom stereocenters. The molecule has 1 N–H and O–H groups in total. The third-order valence-electron chi connectivity index (χ3n) is 4.46. The molecule has 0 bridgehead atoms. The zero-order valence-corrected chi connectivity index (χ0v) is 16.5.